The molecule has 2 heterocycles. The van der Waals surface area contributed by atoms with Crippen LogP contribution < -0.4 is 0 Å². The summed E-state index contributed by atoms with van der Waals surface area (Å²) in [5.41, 5.74) is 7.21. The summed E-state index contributed by atoms with van der Waals surface area (Å²) in [5.74, 6) is 0. The van der Waals surface area contributed by atoms with Crippen molar-refractivity contribution >= 4 is 65.2 Å². The van der Waals surface area contributed by atoms with E-state index in [4.69, 9.17) is 9.40 Å². The van der Waals surface area contributed by atoms with Gasteiger partial charge in [-0.3, -0.25) is 0 Å². The van der Waals surface area contributed by atoms with Crippen LogP contribution in [0.3, 0.4) is 0 Å². The maximum atomic E-state index is 6.52. The third-order valence-electron chi connectivity index (χ3n) is 8.45. The molecule has 0 aliphatic rings. The number of hydrogen-bond donors (Lipinski definition) is 0. The fourth-order valence-corrected chi connectivity index (χ4v) is 6.53. The molecule has 0 amide bonds. The first kappa shape index (κ1) is 22.4. The number of nitrogens with zero attached hydrogens (tertiary/aromatic N) is 1. The Morgan fingerprint density at radius 3 is 1.93 bits per heavy atom. The number of aromatic nitrogens is 1. The minimum Gasteiger partial charge on any atom is -0.455 e. The number of benzene rings is 7. The molecule has 190 valence electrons. The number of para-hydroxylation sites is 2. The van der Waals surface area contributed by atoms with E-state index in [0.29, 0.717) is 0 Å². The first-order valence-electron chi connectivity index (χ1n) is 14.0. The van der Waals surface area contributed by atoms with Crippen LogP contribution in [-0.2, 0) is 0 Å². The summed E-state index contributed by atoms with van der Waals surface area (Å²) in [5, 5.41) is 10.7. The number of pyridine rings is 1. The second-order valence-electron chi connectivity index (χ2n) is 10.7. The van der Waals surface area contributed by atoms with Gasteiger partial charge in [0.1, 0.15) is 11.2 Å². The summed E-state index contributed by atoms with van der Waals surface area (Å²) in [6.45, 7) is 0. The zero-order valence-electron chi connectivity index (χ0n) is 22.1. The quantitative estimate of drug-likeness (QED) is 0.211. The number of hydrogen-bond acceptors (Lipinski definition) is 2. The largest absolute Gasteiger partial charge is 0.455 e. The van der Waals surface area contributed by atoms with E-state index in [1.54, 1.807) is 0 Å². The molecule has 7 aromatic carbocycles. The monoisotopic (exact) mass is 521 g/mol. The van der Waals surface area contributed by atoms with Crippen LogP contribution in [0, 0.1) is 0 Å². The first-order chi connectivity index (χ1) is 20.3. The van der Waals surface area contributed by atoms with E-state index in [1.807, 2.05) is 12.1 Å². The predicted octanol–water partition coefficient (Wildman–Crippen LogP) is 10.9. The van der Waals surface area contributed by atoms with E-state index in [2.05, 4.69) is 127 Å². The molecule has 0 spiro atoms. The van der Waals surface area contributed by atoms with Crippen LogP contribution in [0.15, 0.2) is 144 Å². The molecule has 0 unspecified atom stereocenters. The Labute approximate surface area is 236 Å². The van der Waals surface area contributed by atoms with Gasteiger partial charge in [-0.2, -0.15) is 0 Å². The molecule has 0 bridgehead atoms. The fraction of sp³-hybridized carbons (Fsp3) is 0. The number of furan rings is 1. The molecule has 0 saturated heterocycles. The third-order valence-corrected chi connectivity index (χ3v) is 8.45. The standard InChI is InChI=1S/C39H23NO/c1-2-10-27-26(9-1)23-34(29-12-4-3-11-28(27)29)24-17-19-25(20-18-24)38-37-32(30-13-5-7-15-35(30)40-38)21-22-33-31-14-6-8-16-36(31)41-39(33)37/h1-23H. The normalized spacial score (nSPS) is 11.9. The van der Waals surface area contributed by atoms with Gasteiger partial charge < -0.3 is 4.42 Å². The molecule has 0 N–H and O–H groups in total. The second-order valence-corrected chi connectivity index (χ2v) is 10.7. The molecular weight excluding hydrogens is 498 g/mol. The highest BCUT2D eigenvalue weighted by Crippen LogP contribution is 2.41. The van der Waals surface area contributed by atoms with Crippen LogP contribution in [-0.4, -0.2) is 4.98 Å². The Balaban J connectivity index is 1.30. The molecule has 0 aliphatic heterocycles. The van der Waals surface area contributed by atoms with Crippen molar-refractivity contribution in [1.29, 1.82) is 0 Å². The van der Waals surface area contributed by atoms with Gasteiger partial charge in [-0.15, -0.1) is 0 Å². The lowest BCUT2D eigenvalue weighted by Crippen LogP contribution is -1.91. The molecule has 2 heteroatoms. The van der Waals surface area contributed by atoms with Gasteiger partial charge >= 0.3 is 0 Å². The lowest BCUT2D eigenvalue weighted by Gasteiger charge is -2.13. The van der Waals surface area contributed by atoms with Crippen molar-refractivity contribution in [2.45, 2.75) is 0 Å². The Morgan fingerprint density at radius 2 is 1.07 bits per heavy atom. The van der Waals surface area contributed by atoms with Gasteiger partial charge in [-0.05, 0) is 62.3 Å². The molecule has 0 fully saturated rings. The van der Waals surface area contributed by atoms with Crippen molar-refractivity contribution in [2.24, 2.45) is 0 Å². The van der Waals surface area contributed by atoms with E-state index in [9.17, 15) is 0 Å². The van der Waals surface area contributed by atoms with Crippen molar-refractivity contribution in [1.82, 2.24) is 4.98 Å². The first-order valence-corrected chi connectivity index (χ1v) is 14.0. The Kier molecular flexibility index (Phi) is 4.64. The average Bonchev–Trinajstić information content (AvgIpc) is 3.43. The van der Waals surface area contributed by atoms with Gasteiger partial charge in [0.15, 0.2) is 0 Å². The van der Waals surface area contributed by atoms with Crippen LogP contribution >= 0.6 is 0 Å². The zero-order valence-corrected chi connectivity index (χ0v) is 22.1. The molecule has 0 aliphatic carbocycles. The Bertz CT molecular complexity index is 2470. The number of rotatable bonds is 2. The van der Waals surface area contributed by atoms with Crippen molar-refractivity contribution in [3.63, 3.8) is 0 Å². The minimum absolute atomic E-state index is 0.890. The maximum Gasteiger partial charge on any atom is 0.145 e. The lowest BCUT2D eigenvalue weighted by molar-refractivity contribution is 0.672. The summed E-state index contributed by atoms with van der Waals surface area (Å²) in [6.07, 6.45) is 0. The second kappa shape index (κ2) is 8.51. The minimum atomic E-state index is 0.890. The van der Waals surface area contributed by atoms with Crippen molar-refractivity contribution in [2.75, 3.05) is 0 Å². The highest BCUT2D eigenvalue weighted by atomic mass is 16.3. The van der Waals surface area contributed by atoms with Gasteiger partial charge in [0.05, 0.1) is 16.6 Å². The molecule has 0 radical (unpaired) electrons. The molecule has 9 rings (SSSR count). The average molecular weight is 522 g/mol. The van der Waals surface area contributed by atoms with Gasteiger partial charge in [-0.1, -0.05) is 115 Å². The van der Waals surface area contributed by atoms with Gasteiger partial charge in [-0.25, -0.2) is 4.98 Å². The van der Waals surface area contributed by atoms with E-state index >= 15 is 0 Å². The third kappa shape index (κ3) is 3.28. The summed E-state index contributed by atoms with van der Waals surface area (Å²) in [4.78, 5) is 5.23. The van der Waals surface area contributed by atoms with E-state index in [-0.39, 0.29) is 0 Å². The van der Waals surface area contributed by atoms with E-state index in [0.717, 1.165) is 54.9 Å². The number of fused-ring (bicyclic) bond motifs is 10. The highest BCUT2D eigenvalue weighted by Gasteiger charge is 2.18. The van der Waals surface area contributed by atoms with Crippen LogP contribution in [0.1, 0.15) is 0 Å². The summed E-state index contributed by atoms with van der Waals surface area (Å²) in [7, 11) is 0. The molecule has 41 heavy (non-hydrogen) atoms. The van der Waals surface area contributed by atoms with Gasteiger partial charge in [0.25, 0.3) is 0 Å². The SMILES string of the molecule is c1ccc2c(c1)cc(-c1ccc(-c3nc4ccccc4c4ccc5c6ccccc6oc5c34)cc1)c1ccccc12. The lowest BCUT2D eigenvalue weighted by atomic mass is 9.92. The highest BCUT2D eigenvalue weighted by molar-refractivity contribution is 6.23. The topological polar surface area (TPSA) is 26.0 Å². The molecule has 2 aromatic heterocycles. The van der Waals surface area contributed by atoms with Crippen molar-refractivity contribution < 1.29 is 4.42 Å². The van der Waals surface area contributed by atoms with Crippen LogP contribution in [0.5, 0.6) is 0 Å². The Morgan fingerprint density at radius 1 is 0.439 bits per heavy atom. The fourth-order valence-electron chi connectivity index (χ4n) is 6.53. The van der Waals surface area contributed by atoms with Crippen molar-refractivity contribution in [3.8, 4) is 22.4 Å². The predicted molar refractivity (Wildman–Crippen MR) is 172 cm³/mol. The zero-order chi connectivity index (χ0) is 26.9. The summed E-state index contributed by atoms with van der Waals surface area (Å²) in [6, 6.07) is 49.6. The van der Waals surface area contributed by atoms with Crippen molar-refractivity contribution in [3.05, 3.63) is 140 Å². The molecule has 0 atom stereocenters. The van der Waals surface area contributed by atoms with Gasteiger partial charge in [0.2, 0.25) is 0 Å². The smallest absolute Gasteiger partial charge is 0.145 e. The van der Waals surface area contributed by atoms with Gasteiger partial charge in [0, 0.05) is 21.7 Å². The molecular formula is C39H23NO. The van der Waals surface area contributed by atoms with Crippen LogP contribution in [0.4, 0.5) is 0 Å². The van der Waals surface area contributed by atoms with E-state index < -0.39 is 0 Å². The maximum absolute atomic E-state index is 6.52. The molecule has 9 aromatic rings. The summed E-state index contributed by atoms with van der Waals surface area (Å²) < 4.78 is 6.52. The molecule has 0 saturated carbocycles. The van der Waals surface area contributed by atoms with Crippen LogP contribution in [0.25, 0.3) is 87.5 Å². The Hall–Kier alpha value is -5.47. The van der Waals surface area contributed by atoms with E-state index in [1.165, 1.54) is 32.7 Å². The summed E-state index contributed by atoms with van der Waals surface area (Å²) >= 11 is 0. The molecule has 2 nitrogen and oxygen atoms in total. The van der Waals surface area contributed by atoms with Crippen LogP contribution in [0.2, 0.25) is 0 Å².